The maximum absolute atomic E-state index is 12.0. The summed E-state index contributed by atoms with van der Waals surface area (Å²) in [5.74, 6) is -0.291. The van der Waals surface area contributed by atoms with Crippen molar-refractivity contribution in [3.63, 3.8) is 0 Å². The van der Waals surface area contributed by atoms with Crippen LogP contribution in [0, 0.1) is 0 Å². The Bertz CT molecular complexity index is 754. The fraction of sp³-hybridized carbons (Fsp3) is 0.278. The molecule has 25 heavy (non-hydrogen) atoms. The van der Waals surface area contributed by atoms with Crippen LogP contribution in [0.1, 0.15) is 19.4 Å². The van der Waals surface area contributed by atoms with Crippen LogP contribution in [0.2, 0.25) is 0 Å². The zero-order valence-electron chi connectivity index (χ0n) is 14.2. The second-order valence-electron chi connectivity index (χ2n) is 6.25. The lowest BCUT2D eigenvalue weighted by atomic mass is 10.1. The lowest BCUT2D eigenvalue weighted by Gasteiger charge is -2.13. The number of nitrogens with one attached hydrogen (secondary N) is 1. The number of hydrazine groups is 1. The molecule has 2 heterocycles. The highest BCUT2D eigenvalue weighted by Gasteiger charge is 2.20. The van der Waals surface area contributed by atoms with E-state index >= 15 is 0 Å². The van der Waals surface area contributed by atoms with Gasteiger partial charge in [0.25, 0.3) is 0 Å². The van der Waals surface area contributed by atoms with Crippen molar-refractivity contribution in [2.45, 2.75) is 26.0 Å². The van der Waals surface area contributed by atoms with E-state index in [9.17, 15) is 4.79 Å². The highest BCUT2D eigenvalue weighted by Crippen LogP contribution is 2.30. The second kappa shape index (κ2) is 7.67. The van der Waals surface area contributed by atoms with Crippen LogP contribution in [0.25, 0.3) is 0 Å². The third-order valence-electron chi connectivity index (χ3n) is 3.56. The van der Waals surface area contributed by atoms with Crippen LogP contribution >= 0.6 is 11.9 Å². The van der Waals surface area contributed by atoms with Gasteiger partial charge in [-0.05, 0) is 31.4 Å². The monoisotopic (exact) mass is 356 g/mol. The number of hydrogen-bond acceptors (Lipinski definition) is 7. The maximum Gasteiger partial charge on any atom is 0.327 e. The van der Waals surface area contributed by atoms with Gasteiger partial charge < -0.3 is 4.74 Å². The number of esters is 1. The van der Waals surface area contributed by atoms with Crippen LogP contribution in [0.15, 0.2) is 75.6 Å². The number of benzene rings is 1. The first kappa shape index (κ1) is 17.4. The maximum atomic E-state index is 12.0. The molecule has 3 rings (SSSR count). The Hall–Kier alpha value is -2.38. The average Bonchev–Trinajstić information content (AvgIpc) is 2.97. The number of allylic oxidation sites excluding steroid dienone is 2. The molecular weight excluding hydrogens is 336 g/mol. The quantitative estimate of drug-likeness (QED) is 0.643. The van der Waals surface area contributed by atoms with Crippen LogP contribution in [0.4, 0.5) is 0 Å². The molecule has 0 unspecified atom stereocenters. The molecule has 1 N–H and O–H groups in total. The van der Waals surface area contributed by atoms with Crippen molar-refractivity contribution in [2.75, 3.05) is 6.54 Å². The predicted octanol–water partition coefficient (Wildman–Crippen LogP) is 3.72. The van der Waals surface area contributed by atoms with Crippen molar-refractivity contribution in [3.8, 4) is 0 Å². The summed E-state index contributed by atoms with van der Waals surface area (Å²) in [4.78, 5) is 16.1. The summed E-state index contributed by atoms with van der Waals surface area (Å²) in [6.45, 7) is 4.40. The van der Waals surface area contributed by atoms with Crippen molar-refractivity contribution in [1.82, 2.24) is 9.84 Å². The van der Waals surface area contributed by atoms with Gasteiger partial charge in [-0.15, -0.1) is 0 Å². The van der Waals surface area contributed by atoms with Crippen LogP contribution in [-0.4, -0.2) is 23.1 Å². The van der Waals surface area contributed by atoms with E-state index in [2.05, 4.69) is 15.1 Å². The van der Waals surface area contributed by atoms with Gasteiger partial charge in [-0.25, -0.2) is 0 Å². The second-order valence-corrected chi connectivity index (χ2v) is 7.07. The highest BCUT2D eigenvalue weighted by atomic mass is 32.2. The summed E-state index contributed by atoms with van der Waals surface area (Å²) < 4.78 is 5.30. The van der Waals surface area contributed by atoms with Gasteiger partial charge in [0.1, 0.15) is 13.2 Å². The Morgan fingerprint density at radius 3 is 2.92 bits per heavy atom. The Morgan fingerprint density at radius 2 is 2.12 bits per heavy atom. The molecule has 6 nitrogen and oxygen atoms in total. The third-order valence-corrected chi connectivity index (χ3v) is 4.44. The number of nitrogens with zero attached hydrogens (tertiary/aromatic N) is 3. The number of ether oxygens (including phenoxy) is 1. The first-order chi connectivity index (χ1) is 12.0. The fourth-order valence-corrected chi connectivity index (χ4v) is 2.94. The predicted molar refractivity (Wildman–Crippen MR) is 97.9 cm³/mol. The van der Waals surface area contributed by atoms with Gasteiger partial charge in [-0.3, -0.25) is 9.80 Å². The molecule has 0 saturated carbocycles. The van der Waals surface area contributed by atoms with Crippen LogP contribution in [0.3, 0.4) is 0 Å². The molecule has 0 aromatic heterocycles. The molecule has 0 saturated heterocycles. The normalized spacial score (nSPS) is 18.6. The minimum atomic E-state index is -0.309. The van der Waals surface area contributed by atoms with E-state index in [1.165, 1.54) is 11.9 Å². The third kappa shape index (κ3) is 5.04. The molecule has 0 amide bonds. The largest absolute Gasteiger partial charge is 0.459 e. The standard InChI is InChI=1S/C18H20N4O2S/c1-18(2)9-8-15(10-19-20-18)16-11-22(21-25-16)12-17(23)24-13-14-6-4-3-5-7-14/h3-11,21H,12-13H2,1-2H3. The minimum Gasteiger partial charge on any atom is -0.459 e. The fourth-order valence-electron chi connectivity index (χ4n) is 2.19. The van der Waals surface area contributed by atoms with E-state index in [1.807, 2.05) is 62.5 Å². The topological polar surface area (TPSA) is 66.3 Å². The van der Waals surface area contributed by atoms with Gasteiger partial charge in [-0.1, -0.05) is 42.5 Å². The molecule has 130 valence electrons. The van der Waals surface area contributed by atoms with E-state index in [4.69, 9.17) is 4.74 Å². The van der Waals surface area contributed by atoms with Crippen molar-refractivity contribution >= 4 is 17.9 Å². The molecule has 0 spiro atoms. The lowest BCUT2D eigenvalue weighted by molar-refractivity contribution is -0.145. The van der Waals surface area contributed by atoms with Gasteiger partial charge in [0.2, 0.25) is 0 Å². The van der Waals surface area contributed by atoms with E-state index in [1.54, 1.807) is 11.2 Å². The van der Waals surface area contributed by atoms with E-state index in [0.717, 1.165) is 16.0 Å². The van der Waals surface area contributed by atoms with Gasteiger partial charge in [0, 0.05) is 11.8 Å². The van der Waals surface area contributed by atoms with Crippen LogP contribution < -0.4 is 4.83 Å². The summed E-state index contributed by atoms with van der Waals surface area (Å²) in [6.07, 6.45) is 7.60. The van der Waals surface area contributed by atoms with Crippen LogP contribution in [0.5, 0.6) is 0 Å². The van der Waals surface area contributed by atoms with Gasteiger partial charge in [0.05, 0.1) is 16.6 Å². The van der Waals surface area contributed by atoms with Gasteiger partial charge in [0.15, 0.2) is 0 Å². The summed E-state index contributed by atoms with van der Waals surface area (Å²) in [6, 6.07) is 9.62. The first-order valence-electron chi connectivity index (χ1n) is 7.94. The first-order valence-corrected chi connectivity index (χ1v) is 8.76. The zero-order chi connectivity index (χ0) is 17.7. The highest BCUT2D eigenvalue weighted by molar-refractivity contribution is 8.01. The van der Waals surface area contributed by atoms with Crippen molar-refractivity contribution < 1.29 is 9.53 Å². The number of azo groups is 1. The molecule has 2 aliphatic heterocycles. The van der Waals surface area contributed by atoms with Crippen molar-refractivity contribution in [1.29, 1.82) is 0 Å². The molecule has 0 aliphatic carbocycles. The Kier molecular flexibility index (Phi) is 5.35. The van der Waals surface area contributed by atoms with Gasteiger partial charge in [-0.2, -0.15) is 15.1 Å². The molecule has 1 aromatic rings. The Balaban J connectivity index is 1.54. The van der Waals surface area contributed by atoms with E-state index in [-0.39, 0.29) is 24.7 Å². The minimum absolute atomic E-state index is 0.132. The molecular formula is C18H20N4O2S. The van der Waals surface area contributed by atoms with E-state index < -0.39 is 0 Å². The molecule has 2 aliphatic rings. The Morgan fingerprint density at radius 1 is 1.32 bits per heavy atom. The number of carbonyl (C=O) groups is 1. The number of rotatable bonds is 5. The molecule has 1 aromatic carbocycles. The van der Waals surface area contributed by atoms with Crippen LogP contribution in [-0.2, 0) is 16.1 Å². The molecule has 0 atom stereocenters. The Labute approximate surface area is 151 Å². The SMILES string of the molecule is CC1(C)C=CC(C2=CN(CC(=O)OCc3ccccc3)NS2)=CN=N1. The number of carbonyl (C=O) groups excluding carboxylic acids is 1. The molecule has 0 bridgehead atoms. The smallest absolute Gasteiger partial charge is 0.327 e. The van der Waals surface area contributed by atoms with E-state index in [0.29, 0.717) is 0 Å². The van der Waals surface area contributed by atoms with Crippen molar-refractivity contribution in [3.05, 3.63) is 70.9 Å². The van der Waals surface area contributed by atoms with Crippen molar-refractivity contribution in [2.24, 2.45) is 10.2 Å². The molecule has 0 fully saturated rings. The average molecular weight is 356 g/mol. The summed E-state index contributed by atoms with van der Waals surface area (Å²) in [5, 5.41) is 10.0. The summed E-state index contributed by atoms with van der Waals surface area (Å²) in [7, 11) is 0. The molecule has 0 radical (unpaired) electrons. The lowest BCUT2D eigenvalue weighted by Crippen LogP contribution is -2.31. The molecule has 7 heteroatoms. The zero-order valence-corrected chi connectivity index (χ0v) is 15.0. The number of hydrogen-bond donors (Lipinski definition) is 1. The van der Waals surface area contributed by atoms with Gasteiger partial charge >= 0.3 is 5.97 Å². The summed E-state index contributed by atoms with van der Waals surface area (Å²) >= 11 is 1.43. The summed E-state index contributed by atoms with van der Waals surface area (Å²) in [5.41, 5.74) is 1.61.